The van der Waals surface area contributed by atoms with Gasteiger partial charge in [0.05, 0.1) is 5.69 Å². The Bertz CT molecular complexity index is 2540. The van der Waals surface area contributed by atoms with Crippen molar-refractivity contribution in [1.29, 1.82) is 0 Å². The number of furan rings is 1. The van der Waals surface area contributed by atoms with Crippen molar-refractivity contribution in [2.45, 2.75) is 5.51 Å². The molecule has 0 aliphatic heterocycles. The molecule has 0 saturated carbocycles. The van der Waals surface area contributed by atoms with Crippen LogP contribution in [0.3, 0.4) is 0 Å². The van der Waals surface area contributed by atoms with Crippen molar-refractivity contribution < 1.29 is 30.2 Å². The molecule has 10 heteroatoms. The number of rotatable bonds is 8. The van der Waals surface area contributed by atoms with Gasteiger partial charge < -0.3 is 18.4 Å². The molecule has 6 nitrogen and oxygen atoms in total. The monoisotopic (exact) mass is 700 g/mol. The van der Waals surface area contributed by atoms with Crippen molar-refractivity contribution >= 4 is 77.0 Å². The van der Waals surface area contributed by atoms with Gasteiger partial charge in [0.2, 0.25) is 0 Å². The number of benzene rings is 7. The molecule has 1 aromatic heterocycles. The number of hydrogen-bond donors (Lipinski definition) is 0. The topological polar surface area (TPSA) is 63.0 Å². The van der Waals surface area contributed by atoms with E-state index in [4.69, 9.17) is 8.60 Å². The van der Waals surface area contributed by atoms with Crippen LogP contribution in [0.25, 0.3) is 32.7 Å². The first-order chi connectivity index (χ1) is 24.7. The van der Waals surface area contributed by atoms with Crippen molar-refractivity contribution in [3.63, 3.8) is 0 Å². The summed E-state index contributed by atoms with van der Waals surface area (Å²) in [7, 11) is -6.01. The van der Waals surface area contributed by atoms with Crippen LogP contribution in [0.5, 0.6) is 5.75 Å². The number of anilines is 6. The molecule has 0 fully saturated rings. The number of halogens is 3. The molecule has 8 rings (SSSR count). The molecule has 0 amide bonds. The van der Waals surface area contributed by atoms with E-state index in [1.54, 1.807) is 11.0 Å². The van der Waals surface area contributed by atoms with Gasteiger partial charge in [-0.2, -0.15) is 21.6 Å². The molecule has 1 heterocycles. The summed E-state index contributed by atoms with van der Waals surface area (Å²) in [4.78, 5) is 3.89. The summed E-state index contributed by atoms with van der Waals surface area (Å²) in [5, 5.41) is 2.55. The quantitative estimate of drug-likeness (QED) is 0.116. The van der Waals surface area contributed by atoms with Gasteiger partial charge in [-0.05, 0) is 83.6 Å². The summed E-state index contributed by atoms with van der Waals surface area (Å²) in [6.07, 6.45) is 0. The van der Waals surface area contributed by atoms with E-state index in [-0.39, 0.29) is 5.69 Å². The van der Waals surface area contributed by atoms with Gasteiger partial charge in [-0.1, -0.05) is 84.9 Å². The highest BCUT2D eigenvalue weighted by Gasteiger charge is 2.48. The Hall–Kier alpha value is -6.26. The second-order valence-corrected chi connectivity index (χ2v) is 13.3. The largest absolute Gasteiger partial charge is 0.534 e. The highest BCUT2D eigenvalue weighted by atomic mass is 32.2. The molecule has 0 atom stereocenters. The van der Waals surface area contributed by atoms with E-state index in [0.717, 1.165) is 27.8 Å². The number of fused-ring (bicyclic) bond motifs is 5. The number of nitrogens with zero attached hydrogens (tertiary/aromatic N) is 2. The summed E-state index contributed by atoms with van der Waals surface area (Å²) >= 11 is 0. The molecule has 252 valence electrons. The van der Waals surface area contributed by atoms with Gasteiger partial charge >= 0.3 is 15.6 Å². The minimum Gasteiger partial charge on any atom is -0.454 e. The Morgan fingerprint density at radius 2 is 1.02 bits per heavy atom. The molecular formula is C41H27F3N2O4S. The van der Waals surface area contributed by atoms with Crippen LogP contribution in [0.15, 0.2) is 168 Å². The van der Waals surface area contributed by atoms with Crippen LogP contribution >= 0.6 is 0 Å². The third kappa shape index (κ3) is 5.89. The third-order valence-corrected chi connectivity index (χ3v) is 9.52. The highest BCUT2D eigenvalue weighted by molar-refractivity contribution is 7.88. The summed E-state index contributed by atoms with van der Waals surface area (Å²) in [5.74, 6) is -0.516. The van der Waals surface area contributed by atoms with Gasteiger partial charge in [0.15, 0.2) is 5.58 Å². The lowest BCUT2D eigenvalue weighted by Gasteiger charge is -2.26. The van der Waals surface area contributed by atoms with Crippen LogP contribution in [0.2, 0.25) is 0 Å². The molecule has 0 aliphatic rings. The average Bonchev–Trinajstić information content (AvgIpc) is 3.52. The van der Waals surface area contributed by atoms with E-state index in [9.17, 15) is 21.6 Å². The predicted molar refractivity (Wildman–Crippen MR) is 196 cm³/mol. The Labute approximate surface area is 291 Å². The standard InChI is InChI=1S/C41H27F3N2O4S/c42-41(43,44)51(47,48)50-34-26-36-39-35-25-33(45(29-13-5-1-6-14-29)30-15-7-2-8-16-30)23-21-28(35)22-24-38(39)49-40(36)37(27-34)46(31-17-9-3-10-18-31)32-19-11-4-12-20-32/h1-27H. The maximum atomic E-state index is 13.7. The van der Waals surface area contributed by atoms with Crippen molar-refractivity contribution in [2.75, 3.05) is 9.80 Å². The molecule has 0 N–H and O–H groups in total. The normalized spacial score (nSPS) is 12.0. The zero-order chi connectivity index (χ0) is 35.2. The van der Waals surface area contributed by atoms with Gasteiger partial charge in [0.1, 0.15) is 11.3 Å². The van der Waals surface area contributed by atoms with Crippen LogP contribution in [0.1, 0.15) is 0 Å². The van der Waals surface area contributed by atoms with Crippen LogP contribution < -0.4 is 14.0 Å². The van der Waals surface area contributed by atoms with Crippen molar-refractivity contribution in [1.82, 2.24) is 0 Å². The Balaban J connectivity index is 1.43. The van der Waals surface area contributed by atoms with Crippen LogP contribution in [0.4, 0.5) is 47.3 Å². The van der Waals surface area contributed by atoms with E-state index < -0.39 is 21.4 Å². The number of alkyl halides is 3. The number of hydrogen-bond acceptors (Lipinski definition) is 6. The maximum Gasteiger partial charge on any atom is 0.534 e. The third-order valence-electron chi connectivity index (χ3n) is 8.54. The van der Waals surface area contributed by atoms with E-state index in [1.807, 2.05) is 146 Å². The first-order valence-corrected chi connectivity index (χ1v) is 17.3. The molecule has 0 spiro atoms. The Morgan fingerprint density at radius 1 is 0.529 bits per heavy atom. The first kappa shape index (κ1) is 32.0. The van der Waals surface area contributed by atoms with Gasteiger partial charge in [0.25, 0.3) is 0 Å². The van der Waals surface area contributed by atoms with Crippen LogP contribution in [-0.4, -0.2) is 13.9 Å². The summed E-state index contributed by atoms with van der Waals surface area (Å²) < 4.78 is 77.2. The lowest BCUT2D eigenvalue weighted by molar-refractivity contribution is -0.0500. The van der Waals surface area contributed by atoms with E-state index in [1.165, 1.54) is 12.1 Å². The Morgan fingerprint density at radius 3 is 1.53 bits per heavy atom. The average molecular weight is 701 g/mol. The van der Waals surface area contributed by atoms with Crippen LogP contribution in [-0.2, 0) is 10.1 Å². The summed E-state index contributed by atoms with van der Waals surface area (Å²) in [6.45, 7) is 0. The first-order valence-electron chi connectivity index (χ1n) is 15.9. The fourth-order valence-corrected chi connectivity index (χ4v) is 6.80. The van der Waals surface area contributed by atoms with Crippen LogP contribution in [0, 0.1) is 0 Å². The molecule has 0 saturated heterocycles. The van der Waals surface area contributed by atoms with E-state index in [0.29, 0.717) is 33.3 Å². The molecule has 0 radical (unpaired) electrons. The molecule has 51 heavy (non-hydrogen) atoms. The summed E-state index contributed by atoms with van der Waals surface area (Å²) in [5.41, 5.74) is -0.581. The number of para-hydroxylation sites is 4. The zero-order valence-electron chi connectivity index (χ0n) is 26.7. The summed E-state index contributed by atoms with van der Waals surface area (Å²) in [6, 6.07) is 50.3. The molecule has 8 aromatic rings. The molecular weight excluding hydrogens is 674 g/mol. The van der Waals surface area contributed by atoms with Gasteiger partial charge in [-0.25, -0.2) is 0 Å². The van der Waals surface area contributed by atoms with Crippen molar-refractivity contribution in [3.8, 4) is 5.75 Å². The maximum absolute atomic E-state index is 13.7. The van der Waals surface area contributed by atoms with E-state index in [2.05, 4.69) is 4.90 Å². The molecule has 0 bridgehead atoms. The van der Waals surface area contributed by atoms with Crippen molar-refractivity contribution in [2.24, 2.45) is 0 Å². The zero-order valence-corrected chi connectivity index (χ0v) is 27.5. The van der Waals surface area contributed by atoms with E-state index >= 15 is 0 Å². The second kappa shape index (κ2) is 12.6. The second-order valence-electron chi connectivity index (χ2n) is 11.8. The fourth-order valence-electron chi connectivity index (χ4n) is 6.35. The molecule has 7 aromatic carbocycles. The molecule has 0 unspecified atom stereocenters. The lowest BCUT2D eigenvalue weighted by Crippen LogP contribution is -2.28. The fraction of sp³-hybridized carbons (Fsp3) is 0.0244. The van der Waals surface area contributed by atoms with Crippen molar-refractivity contribution in [3.05, 3.63) is 164 Å². The molecule has 0 aliphatic carbocycles. The van der Waals surface area contributed by atoms with Gasteiger partial charge in [-0.3, -0.25) is 0 Å². The van der Waals surface area contributed by atoms with Gasteiger partial charge in [0, 0.05) is 45.3 Å². The SMILES string of the molecule is O=S(=O)(Oc1cc(N(c2ccccc2)c2ccccc2)c2oc3ccc4ccc(N(c5ccccc5)c5ccccc5)cc4c3c2c1)C(F)(F)F. The smallest absolute Gasteiger partial charge is 0.454 e. The minimum absolute atomic E-state index is 0.285. The predicted octanol–water partition coefficient (Wildman–Crippen LogP) is 11.9. The Kier molecular flexibility index (Phi) is 7.88. The minimum atomic E-state index is -6.01. The lowest BCUT2D eigenvalue weighted by atomic mass is 10.0. The highest BCUT2D eigenvalue weighted by Crippen LogP contribution is 2.47. The van der Waals surface area contributed by atoms with Gasteiger partial charge in [-0.15, -0.1) is 0 Å².